The van der Waals surface area contributed by atoms with Crippen molar-refractivity contribution in [3.05, 3.63) is 41.2 Å². The van der Waals surface area contributed by atoms with Gasteiger partial charge in [-0.1, -0.05) is 80.9 Å². The lowest BCUT2D eigenvalue weighted by Crippen LogP contribution is -2.52. The summed E-state index contributed by atoms with van der Waals surface area (Å²) < 4.78 is 11.7. The van der Waals surface area contributed by atoms with Crippen LogP contribution in [0.4, 0.5) is 4.79 Å². The largest absolute Gasteiger partial charge is 0.497 e. The van der Waals surface area contributed by atoms with Crippen LogP contribution in [0.1, 0.15) is 99.6 Å². The van der Waals surface area contributed by atoms with Crippen molar-refractivity contribution in [1.82, 2.24) is 4.90 Å². The number of carbonyl (C=O) groups is 2. The van der Waals surface area contributed by atoms with E-state index in [0.717, 1.165) is 29.4 Å². The van der Waals surface area contributed by atoms with Gasteiger partial charge < -0.3 is 9.47 Å². The van der Waals surface area contributed by atoms with Gasteiger partial charge in [-0.25, -0.2) is 4.79 Å². The molecule has 38 heavy (non-hydrogen) atoms. The van der Waals surface area contributed by atoms with Crippen LogP contribution in [0.15, 0.2) is 35.7 Å². The molecule has 0 aromatic heterocycles. The number of hydrogen-bond acceptors (Lipinski definition) is 4. The molecule has 1 aromatic carbocycles. The van der Waals surface area contributed by atoms with Gasteiger partial charge in [0.15, 0.2) is 5.78 Å². The molecular weight excluding hydrogens is 490 g/mol. The summed E-state index contributed by atoms with van der Waals surface area (Å²) in [7, 11) is -0.634. The third-order valence-electron chi connectivity index (χ3n) is 9.54. The Balaban J connectivity index is 2.10. The van der Waals surface area contributed by atoms with E-state index in [0.29, 0.717) is 34.4 Å². The Bertz CT molecular complexity index is 975. The molecular formula is C32H51NO4Si. The van der Waals surface area contributed by atoms with Gasteiger partial charge in [-0.2, -0.15) is 0 Å². The van der Waals surface area contributed by atoms with Crippen molar-refractivity contribution in [3.8, 4) is 5.75 Å². The highest BCUT2D eigenvalue weighted by molar-refractivity contribution is 6.93. The van der Waals surface area contributed by atoms with Crippen molar-refractivity contribution in [2.24, 2.45) is 17.8 Å². The van der Waals surface area contributed by atoms with Gasteiger partial charge in [0.05, 0.1) is 13.2 Å². The first kappa shape index (κ1) is 30.5. The molecule has 1 fully saturated rings. The minimum Gasteiger partial charge on any atom is -0.497 e. The van der Waals surface area contributed by atoms with E-state index >= 15 is 0 Å². The second-order valence-corrected chi connectivity index (χ2v) is 18.9. The fraction of sp³-hybridized carbons (Fsp3) is 0.688. The van der Waals surface area contributed by atoms with E-state index in [1.807, 2.05) is 30.5 Å². The summed E-state index contributed by atoms with van der Waals surface area (Å²) in [5.74, 6) is 2.29. The zero-order chi connectivity index (χ0) is 28.4. The second-order valence-electron chi connectivity index (χ2n) is 13.0. The van der Waals surface area contributed by atoms with Crippen LogP contribution in [0.25, 0.3) is 0 Å². The molecule has 0 spiro atoms. The molecule has 1 aromatic rings. The number of ether oxygens (including phenoxy) is 2. The first-order chi connectivity index (χ1) is 17.8. The Morgan fingerprint density at radius 3 is 2.03 bits per heavy atom. The smallest absolute Gasteiger partial charge is 0.414 e. The molecule has 2 aliphatic rings. The molecule has 4 atom stereocenters. The molecule has 0 N–H and O–H groups in total. The highest BCUT2D eigenvalue weighted by Crippen LogP contribution is 2.49. The molecule has 3 rings (SSSR count). The van der Waals surface area contributed by atoms with Gasteiger partial charge in [-0.15, -0.1) is 0 Å². The number of hydrogen-bond donors (Lipinski definition) is 0. The maximum Gasteiger partial charge on any atom is 0.414 e. The van der Waals surface area contributed by atoms with E-state index in [4.69, 9.17) is 9.47 Å². The fourth-order valence-electron chi connectivity index (χ4n) is 7.70. The van der Waals surface area contributed by atoms with Crippen molar-refractivity contribution in [3.63, 3.8) is 0 Å². The number of benzene rings is 1. The third-order valence-corrected chi connectivity index (χ3v) is 16.6. The first-order valence-electron chi connectivity index (χ1n) is 14.7. The second kappa shape index (κ2) is 12.4. The van der Waals surface area contributed by atoms with Crippen molar-refractivity contribution < 1.29 is 19.1 Å². The average molecular weight is 542 g/mol. The van der Waals surface area contributed by atoms with Gasteiger partial charge >= 0.3 is 6.09 Å². The topological polar surface area (TPSA) is 55.8 Å². The van der Waals surface area contributed by atoms with Crippen LogP contribution >= 0.6 is 0 Å². The lowest BCUT2D eigenvalue weighted by Gasteiger charge is -2.47. The quantitative estimate of drug-likeness (QED) is 0.309. The van der Waals surface area contributed by atoms with Crippen LogP contribution in [0, 0.1) is 17.8 Å². The third kappa shape index (κ3) is 5.90. The highest BCUT2D eigenvalue weighted by atomic mass is 28.3. The molecule has 5 nitrogen and oxygen atoms in total. The summed E-state index contributed by atoms with van der Waals surface area (Å²) in [5, 5.41) is 0.900. The number of amides is 1. The van der Waals surface area contributed by atoms with E-state index < -0.39 is 8.07 Å². The van der Waals surface area contributed by atoms with Crippen LogP contribution in [0.2, 0.25) is 16.6 Å². The predicted octanol–water partition coefficient (Wildman–Crippen LogP) is 8.71. The van der Waals surface area contributed by atoms with E-state index in [1.54, 1.807) is 12.0 Å². The first-order valence-corrected chi connectivity index (χ1v) is 17.0. The van der Waals surface area contributed by atoms with Crippen LogP contribution < -0.4 is 4.74 Å². The van der Waals surface area contributed by atoms with Crippen molar-refractivity contribution in [1.29, 1.82) is 0 Å². The van der Waals surface area contributed by atoms with E-state index in [9.17, 15) is 9.59 Å². The summed E-state index contributed by atoms with van der Waals surface area (Å²) in [6.07, 6.45) is 4.95. The van der Waals surface area contributed by atoms with Crippen molar-refractivity contribution in [2.45, 2.75) is 117 Å². The Kier molecular flexibility index (Phi) is 9.94. The normalized spacial score (nSPS) is 24.8. The van der Waals surface area contributed by atoms with Crippen LogP contribution in [-0.4, -0.2) is 38.1 Å². The maximum atomic E-state index is 14.1. The number of methoxy groups -OCH3 is 1. The minimum absolute atomic E-state index is 0.0976. The SMILES string of the molecule is COc1ccc([C@@H]2CC(=O)C([Si](C(C)C)(C(C)C)C(C)C)=CN2C(=O)O[C@@H]2C[C@H](C)CC[C@H]2C(C)C)cc1. The van der Waals surface area contributed by atoms with Crippen molar-refractivity contribution in [2.75, 3.05) is 7.11 Å². The summed E-state index contributed by atoms with van der Waals surface area (Å²) in [6.45, 7) is 20.3. The van der Waals surface area contributed by atoms with Crippen LogP contribution in [0.3, 0.4) is 0 Å². The number of rotatable bonds is 8. The van der Waals surface area contributed by atoms with E-state index in [-0.39, 0.29) is 30.4 Å². The average Bonchev–Trinajstić information content (AvgIpc) is 2.84. The van der Waals surface area contributed by atoms with Gasteiger partial charge in [-0.05, 0) is 70.1 Å². The summed E-state index contributed by atoms with van der Waals surface area (Å²) in [5.41, 5.74) is 2.04. The molecule has 0 radical (unpaired) electrons. The van der Waals surface area contributed by atoms with Crippen LogP contribution in [0.5, 0.6) is 5.75 Å². The minimum atomic E-state index is -2.28. The van der Waals surface area contributed by atoms with E-state index in [2.05, 4.69) is 62.3 Å². The molecule has 0 saturated heterocycles. The zero-order valence-corrected chi connectivity index (χ0v) is 26.4. The molecule has 1 amide bonds. The maximum absolute atomic E-state index is 14.1. The number of carbonyl (C=O) groups excluding carboxylic acids is 2. The number of Topliss-reactive ketones (excluding diaryl/α,β-unsaturated/α-hetero) is 1. The Labute approximate surface area is 232 Å². The van der Waals surface area contributed by atoms with Gasteiger partial charge in [0.1, 0.15) is 19.9 Å². The van der Waals surface area contributed by atoms with Gasteiger partial charge in [0.2, 0.25) is 0 Å². The molecule has 0 bridgehead atoms. The van der Waals surface area contributed by atoms with Crippen LogP contribution in [-0.2, 0) is 9.53 Å². The molecule has 1 saturated carbocycles. The number of nitrogens with zero attached hydrogens (tertiary/aromatic N) is 1. The van der Waals surface area contributed by atoms with Gasteiger partial charge in [-0.3, -0.25) is 9.69 Å². The fourth-order valence-corrected chi connectivity index (χ4v) is 14.5. The molecule has 1 aliphatic heterocycles. The summed E-state index contributed by atoms with van der Waals surface area (Å²) >= 11 is 0. The molecule has 0 unspecified atom stereocenters. The molecule has 212 valence electrons. The van der Waals surface area contributed by atoms with Gasteiger partial charge in [0, 0.05) is 12.6 Å². The number of ketones is 1. The van der Waals surface area contributed by atoms with Gasteiger partial charge in [0.25, 0.3) is 0 Å². The molecule has 1 aliphatic carbocycles. The highest BCUT2D eigenvalue weighted by Gasteiger charge is 2.51. The predicted molar refractivity (Wildman–Crippen MR) is 158 cm³/mol. The lowest BCUT2D eigenvalue weighted by atomic mass is 9.75. The van der Waals surface area contributed by atoms with E-state index in [1.165, 1.54) is 6.42 Å². The summed E-state index contributed by atoms with van der Waals surface area (Å²) in [6, 6.07) is 7.34. The number of allylic oxidation sites excluding steroid dienone is 1. The lowest BCUT2D eigenvalue weighted by molar-refractivity contribution is -0.116. The monoisotopic (exact) mass is 541 g/mol. The Morgan fingerprint density at radius 2 is 1.53 bits per heavy atom. The Morgan fingerprint density at radius 1 is 0.947 bits per heavy atom. The molecule has 1 heterocycles. The standard InChI is InChI=1S/C32H51NO4Si/c1-20(2)27-16-11-24(9)17-30(27)37-32(35)33-19-31(38(21(3)4,22(5)6)23(7)8)29(34)18-28(33)25-12-14-26(36-10)15-13-25/h12-15,19-24,27-28,30H,11,16-18H2,1-10H3/t24-,27+,28+,30-/m1/s1. The zero-order valence-electron chi connectivity index (χ0n) is 25.4. The Hall–Kier alpha value is -2.08. The molecule has 6 heteroatoms. The van der Waals surface area contributed by atoms with Crippen molar-refractivity contribution >= 4 is 20.0 Å². The summed E-state index contributed by atoms with van der Waals surface area (Å²) in [4.78, 5) is 29.8.